The van der Waals surface area contributed by atoms with E-state index in [-0.39, 0.29) is 6.04 Å². The fourth-order valence-corrected chi connectivity index (χ4v) is 2.74. The zero-order valence-corrected chi connectivity index (χ0v) is 12.6. The Balaban J connectivity index is 2.27. The third-order valence-electron chi connectivity index (χ3n) is 3.33. The van der Waals surface area contributed by atoms with Gasteiger partial charge in [0, 0.05) is 24.4 Å². The molecular weight excluding hydrogens is 240 g/mol. The molecule has 0 saturated carbocycles. The summed E-state index contributed by atoms with van der Waals surface area (Å²) in [6, 6.07) is 11.4. The Kier molecular flexibility index (Phi) is 7.40. The number of benzene rings is 1. The van der Waals surface area contributed by atoms with Crippen molar-refractivity contribution in [2.24, 2.45) is 5.73 Å². The highest BCUT2D eigenvalue weighted by Crippen LogP contribution is 2.07. The highest BCUT2D eigenvalue weighted by atomic mass is 32.2. The van der Waals surface area contributed by atoms with Crippen LogP contribution in [0.4, 0.5) is 0 Å². The van der Waals surface area contributed by atoms with E-state index in [2.05, 4.69) is 55.5 Å². The maximum Gasteiger partial charge on any atom is 0.0170 e. The predicted octanol–water partition coefficient (Wildman–Crippen LogP) is 2.63. The Morgan fingerprint density at radius 1 is 1.28 bits per heavy atom. The fraction of sp³-hybridized carbons (Fsp3) is 0.600. The van der Waals surface area contributed by atoms with E-state index < -0.39 is 0 Å². The lowest BCUT2D eigenvalue weighted by Gasteiger charge is -2.27. The van der Waals surface area contributed by atoms with Gasteiger partial charge in [-0.1, -0.05) is 30.3 Å². The zero-order valence-electron chi connectivity index (χ0n) is 11.8. The smallest absolute Gasteiger partial charge is 0.0170 e. The Morgan fingerprint density at radius 2 is 1.94 bits per heavy atom. The molecule has 18 heavy (non-hydrogen) atoms. The molecule has 1 aromatic rings. The maximum absolute atomic E-state index is 6.21. The maximum atomic E-state index is 6.21. The summed E-state index contributed by atoms with van der Waals surface area (Å²) in [5, 5.41) is 0. The van der Waals surface area contributed by atoms with Crippen LogP contribution in [0.2, 0.25) is 0 Å². The molecule has 0 bridgehead atoms. The molecule has 102 valence electrons. The standard InChI is InChI=1S/C15H26N2S/c1-13(12-18-3)17(2)11-15(16)10-9-14-7-5-4-6-8-14/h4-8,13,15H,9-12,16H2,1-3H3. The van der Waals surface area contributed by atoms with E-state index in [4.69, 9.17) is 5.73 Å². The summed E-state index contributed by atoms with van der Waals surface area (Å²) in [6.45, 7) is 3.25. The Labute approximate surface area is 116 Å². The molecule has 2 nitrogen and oxygen atoms in total. The second-order valence-corrected chi connectivity index (χ2v) is 5.94. The van der Waals surface area contributed by atoms with Crippen LogP contribution in [-0.2, 0) is 6.42 Å². The van der Waals surface area contributed by atoms with Crippen molar-refractivity contribution in [3.63, 3.8) is 0 Å². The molecule has 0 spiro atoms. The normalized spacial score (nSPS) is 14.7. The van der Waals surface area contributed by atoms with Gasteiger partial charge in [0.2, 0.25) is 0 Å². The predicted molar refractivity (Wildman–Crippen MR) is 83.2 cm³/mol. The van der Waals surface area contributed by atoms with Crippen LogP contribution in [0, 0.1) is 0 Å². The molecule has 0 aromatic heterocycles. The largest absolute Gasteiger partial charge is 0.327 e. The monoisotopic (exact) mass is 266 g/mol. The number of nitrogens with two attached hydrogens (primary N) is 1. The Morgan fingerprint density at radius 3 is 2.56 bits per heavy atom. The highest BCUT2D eigenvalue weighted by Gasteiger charge is 2.12. The Bertz CT molecular complexity index is 316. The molecule has 0 aliphatic rings. The number of thioether (sulfide) groups is 1. The van der Waals surface area contributed by atoms with Gasteiger partial charge in [-0.15, -0.1) is 0 Å². The summed E-state index contributed by atoms with van der Waals surface area (Å²) < 4.78 is 0. The number of rotatable bonds is 8. The van der Waals surface area contributed by atoms with Gasteiger partial charge in [-0.2, -0.15) is 11.8 Å². The van der Waals surface area contributed by atoms with Crippen LogP contribution in [0.5, 0.6) is 0 Å². The van der Waals surface area contributed by atoms with Crippen molar-refractivity contribution in [3.8, 4) is 0 Å². The minimum absolute atomic E-state index is 0.263. The summed E-state index contributed by atoms with van der Waals surface area (Å²) >= 11 is 1.89. The molecule has 3 heteroatoms. The van der Waals surface area contributed by atoms with E-state index in [9.17, 15) is 0 Å². The molecule has 0 amide bonds. The van der Waals surface area contributed by atoms with Crippen molar-refractivity contribution in [3.05, 3.63) is 35.9 Å². The van der Waals surface area contributed by atoms with Gasteiger partial charge in [-0.25, -0.2) is 0 Å². The summed E-state index contributed by atoms with van der Waals surface area (Å²) in [4.78, 5) is 2.37. The zero-order chi connectivity index (χ0) is 13.4. The number of aryl methyl sites for hydroxylation is 1. The molecule has 1 aromatic carbocycles. The van der Waals surface area contributed by atoms with Crippen molar-refractivity contribution >= 4 is 11.8 Å². The lowest BCUT2D eigenvalue weighted by molar-refractivity contribution is 0.256. The molecule has 0 heterocycles. The van der Waals surface area contributed by atoms with Gasteiger partial charge in [0.15, 0.2) is 0 Å². The minimum Gasteiger partial charge on any atom is -0.327 e. The molecule has 1 rings (SSSR count). The first-order valence-corrected chi connectivity index (χ1v) is 8.01. The van der Waals surface area contributed by atoms with E-state index in [1.165, 1.54) is 11.3 Å². The van der Waals surface area contributed by atoms with Gasteiger partial charge in [-0.05, 0) is 38.6 Å². The van der Waals surface area contributed by atoms with E-state index >= 15 is 0 Å². The first-order chi connectivity index (χ1) is 8.63. The molecular formula is C15H26N2S. The number of likely N-dealkylation sites (N-methyl/N-ethyl adjacent to an activating group) is 1. The topological polar surface area (TPSA) is 29.3 Å². The van der Waals surface area contributed by atoms with Crippen molar-refractivity contribution in [2.75, 3.05) is 25.6 Å². The quantitative estimate of drug-likeness (QED) is 0.784. The molecule has 0 fully saturated rings. The average molecular weight is 266 g/mol. The van der Waals surface area contributed by atoms with Crippen molar-refractivity contribution < 1.29 is 0 Å². The first kappa shape index (κ1) is 15.5. The number of hydrogen-bond donors (Lipinski definition) is 1. The van der Waals surface area contributed by atoms with E-state index in [0.29, 0.717) is 6.04 Å². The van der Waals surface area contributed by atoms with Crippen LogP contribution in [0.3, 0.4) is 0 Å². The van der Waals surface area contributed by atoms with Crippen LogP contribution in [-0.4, -0.2) is 42.6 Å². The third-order valence-corrected chi connectivity index (χ3v) is 4.15. The molecule has 0 radical (unpaired) electrons. The molecule has 2 atom stereocenters. The summed E-state index contributed by atoms with van der Waals surface area (Å²) in [5.74, 6) is 1.17. The van der Waals surface area contributed by atoms with Crippen molar-refractivity contribution in [1.82, 2.24) is 4.90 Å². The van der Waals surface area contributed by atoms with Gasteiger partial charge in [0.25, 0.3) is 0 Å². The van der Waals surface area contributed by atoms with Crippen molar-refractivity contribution in [2.45, 2.75) is 31.8 Å². The molecule has 0 aliphatic heterocycles. The third kappa shape index (κ3) is 5.89. The van der Waals surface area contributed by atoms with E-state index in [1.807, 2.05) is 11.8 Å². The SMILES string of the molecule is CSCC(C)N(C)CC(N)CCc1ccccc1. The summed E-state index contributed by atoms with van der Waals surface area (Å²) in [5.41, 5.74) is 7.59. The first-order valence-electron chi connectivity index (χ1n) is 6.62. The van der Waals surface area contributed by atoms with Gasteiger partial charge in [0.05, 0.1) is 0 Å². The number of nitrogens with zero attached hydrogens (tertiary/aromatic N) is 1. The lowest BCUT2D eigenvalue weighted by Crippen LogP contribution is -2.41. The number of hydrogen-bond acceptors (Lipinski definition) is 3. The van der Waals surface area contributed by atoms with Gasteiger partial charge in [-0.3, -0.25) is 0 Å². The van der Waals surface area contributed by atoms with E-state index in [1.54, 1.807) is 0 Å². The second-order valence-electron chi connectivity index (χ2n) is 5.03. The van der Waals surface area contributed by atoms with Crippen molar-refractivity contribution in [1.29, 1.82) is 0 Å². The van der Waals surface area contributed by atoms with Crippen LogP contribution in [0.15, 0.2) is 30.3 Å². The van der Waals surface area contributed by atoms with Crippen LogP contribution >= 0.6 is 11.8 Å². The molecule has 0 saturated heterocycles. The van der Waals surface area contributed by atoms with Crippen LogP contribution < -0.4 is 5.73 Å². The molecule has 2 unspecified atom stereocenters. The van der Waals surface area contributed by atoms with Crippen LogP contribution in [0.1, 0.15) is 18.9 Å². The van der Waals surface area contributed by atoms with Gasteiger partial charge < -0.3 is 10.6 Å². The highest BCUT2D eigenvalue weighted by molar-refractivity contribution is 7.98. The lowest BCUT2D eigenvalue weighted by atomic mass is 10.1. The molecule has 2 N–H and O–H groups in total. The second kappa shape index (κ2) is 8.57. The van der Waals surface area contributed by atoms with Crippen LogP contribution in [0.25, 0.3) is 0 Å². The average Bonchev–Trinajstić information content (AvgIpc) is 2.38. The fourth-order valence-electron chi connectivity index (χ4n) is 2.01. The Hall–Kier alpha value is -0.510. The summed E-state index contributed by atoms with van der Waals surface area (Å²) in [7, 11) is 2.17. The minimum atomic E-state index is 0.263. The van der Waals surface area contributed by atoms with Gasteiger partial charge in [0.1, 0.15) is 0 Å². The van der Waals surface area contributed by atoms with Gasteiger partial charge >= 0.3 is 0 Å². The summed E-state index contributed by atoms with van der Waals surface area (Å²) in [6.07, 6.45) is 4.28. The van der Waals surface area contributed by atoms with E-state index in [0.717, 1.165) is 19.4 Å². The molecule has 0 aliphatic carbocycles.